The number of carbonyl (C=O) groups excluding carboxylic acids is 3. The van der Waals surface area contributed by atoms with E-state index >= 15 is 0 Å². The number of unbranched alkanes of at least 4 members (excludes halogenated alkanes) is 16. The van der Waals surface area contributed by atoms with Gasteiger partial charge in [0.2, 0.25) is 0 Å². The molecular weight excluding hydrogens is 865 g/mol. The van der Waals surface area contributed by atoms with Crippen LogP contribution in [0.15, 0.2) is 134 Å². The number of esters is 3. The van der Waals surface area contributed by atoms with E-state index in [2.05, 4.69) is 148 Å². The molecule has 0 fully saturated rings. The minimum atomic E-state index is -0.824. The van der Waals surface area contributed by atoms with Gasteiger partial charge in [-0.1, -0.05) is 225 Å². The lowest BCUT2D eigenvalue weighted by molar-refractivity contribution is -0.166. The molecule has 0 aromatic carbocycles. The highest BCUT2D eigenvalue weighted by molar-refractivity contribution is 5.71. The van der Waals surface area contributed by atoms with Crippen molar-refractivity contribution in [3.05, 3.63) is 134 Å². The molecule has 0 spiro atoms. The zero-order valence-electron chi connectivity index (χ0n) is 45.0. The van der Waals surface area contributed by atoms with Crippen molar-refractivity contribution in [1.29, 1.82) is 0 Å². The molecule has 1 unspecified atom stereocenters. The van der Waals surface area contributed by atoms with Crippen LogP contribution in [0.3, 0.4) is 0 Å². The summed E-state index contributed by atoms with van der Waals surface area (Å²) in [5, 5.41) is 0. The van der Waals surface area contributed by atoms with Crippen LogP contribution in [0.1, 0.15) is 233 Å². The van der Waals surface area contributed by atoms with E-state index in [0.717, 1.165) is 122 Å². The largest absolute Gasteiger partial charge is 0.462 e. The van der Waals surface area contributed by atoms with Crippen molar-refractivity contribution in [2.75, 3.05) is 13.2 Å². The minimum Gasteiger partial charge on any atom is -0.462 e. The van der Waals surface area contributed by atoms with Crippen LogP contribution in [0, 0.1) is 0 Å². The Balaban J connectivity index is 4.56. The lowest BCUT2D eigenvalue weighted by Gasteiger charge is -2.18. The normalized spacial score (nSPS) is 13.1. The average molecular weight is 968 g/mol. The molecule has 394 valence electrons. The zero-order chi connectivity index (χ0) is 50.7. The second kappa shape index (κ2) is 57.1. The molecular formula is C64H102O6. The van der Waals surface area contributed by atoms with Crippen LogP contribution < -0.4 is 0 Å². The highest BCUT2D eigenvalue weighted by atomic mass is 16.6. The van der Waals surface area contributed by atoms with Gasteiger partial charge in [-0.15, -0.1) is 0 Å². The predicted molar refractivity (Wildman–Crippen MR) is 302 cm³/mol. The summed E-state index contributed by atoms with van der Waals surface area (Å²) in [6.07, 6.45) is 80.2. The van der Waals surface area contributed by atoms with Crippen LogP contribution in [0.2, 0.25) is 0 Å². The second-order valence-electron chi connectivity index (χ2n) is 18.1. The number of carbonyl (C=O) groups is 3. The molecule has 0 N–H and O–H groups in total. The van der Waals surface area contributed by atoms with Crippen LogP contribution >= 0.6 is 0 Å². The van der Waals surface area contributed by atoms with Crippen molar-refractivity contribution in [3.8, 4) is 0 Å². The Bertz CT molecular complexity index is 1530. The van der Waals surface area contributed by atoms with E-state index in [1.807, 2.05) is 6.08 Å². The molecule has 0 heterocycles. The molecule has 0 saturated heterocycles. The number of allylic oxidation sites excluding steroid dienone is 22. The van der Waals surface area contributed by atoms with E-state index in [1.54, 1.807) is 0 Å². The molecule has 0 amide bonds. The van der Waals surface area contributed by atoms with E-state index in [-0.39, 0.29) is 37.5 Å². The molecule has 6 heteroatoms. The Labute approximate surface area is 430 Å². The molecule has 0 bridgehead atoms. The highest BCUT2D eigenvalue weighted by Gasteiger charge is 2.19. The van der Waals surface area contributed by atoms with E-state index < -0.39 is 6.10 Å². The molecule has 0 aliphatic rings. The molecule has 0 aliphatic heterocycles. The topological polar surface area (TPSA) is 78.9 Å². The quantitative estimate of drug-likeness (QED) is 0.0262. The van der Waals surface area contributed by atoms with Gasteiger partial charge in [-0.2, -0.15) is 0 Å². The summed E-state index contributed by atoms with van der Waals surface area (Å²) < 4.78 is 16.8. The van der Waals surface area contributed by atoms with Crippen LogP contribution in [0.5, 0.6) is 0 Å². The van der Waals surface area contributed by atoms with Gasteiger partial charge in [-0.3, -0.25) is 14.4 Å². The summed E-state index contributed by atoms with van der Waals surface area (Å²) >= 11 is 0. The molecule has 1 atom stereocenters. The molecule has 6 nitrogen and oxygen atoms in total. The van der Waals surface area contributed by atoms with Gasteiger partial charge in [0.15, 0.2) is 6.10 Å². The third-order valence-corrected chi connectivity index (χ3v) is 11.4. The number of hydrogen-bond acceptors (Lipinski definition) is 6. The average Bonchev–Trinajstić information content (AvgIpc) is 3.36. The first-order valence-electron chi connectivity index (χ1n) is 28.2. The van der Waals surface area contributed by atoms with Crippen molar-refractivity contribution in [2.24, 2.45) is 0 Å². The van der Waals surface area contributed by atoms with Crippen LogP contribution in [-0.2, 0) is 28.6 Å². The first-order chi connectivity index (χ1) is 34.5. The van der Waals surface area contributed by atoms with Gasteiger partial charge >= 0.3 is 17.9 Å². The number of ether oxygens (including phenoxy) is 3. The summed E-state index contributed by atoms with van der Waals surface area (Å²) in [5.41, 5.74) is 0. The van der Waals surface area contributed by atoms with E-state index in [0.29, 0.717) is 19.3 Å². The molecule has 0 aromatic rings. The number of rotatable bonds is 49. The zero-order valence-corrected chi connectivity index (χ0v) is 45.0. The maximum atomic E-state index is 12.9. The Kier molecular flexibility index (Phi) is 53.5. The maximum absolute atomic E-state index is 12.9. The van der Waals surface area contributed by atoms with Crippen LogP contribution in [0.4, 0.5) is 0 Å². The standard InChI is InChI=1S/C64H102O6/c1-4-7-10-13-16-19-22-25-28-31-32-34-36-39-42-45-48-51-54-57-63(66)69-60-61(59-68-62(65)56-53-50-47-44-41-38-35-30-27-24-21-18-15-12-9-6-3)70-64(67)58-55-52-49-46-43-40-37-33-29-26-23-20-17-14-11-8-5-2/h7,9-10,12,16-21,25-30,32,34,39,42,48,51,61H,4-6,8,11,13-15,22-24,31,33,35-38,40-41,43-47,49-50,52-60H2,1-3H3/b10-7-,12-9-,19-16-,20-17-,21-18-,28-25-,29-26-,30-27-,34-32-,42-39-,51-48-. The summed E-state index contributed by atoms with van der Waals surface area (Å²) in [4.78, 5) is 38.1. The van der Waals surface area contributed by atoms with Crippen molar-refractivity contribution >= 4 is 17.9 Å². The SMILES string of the molecule is CC/C=C\C/C=C\C/C=C\C/C=C\C/C=C\C/C=C\CCC(=O)OCC(COC(=O)CCCCCCCC/C=C\C/C=C\C/C=C\CC)OC(=O)CCCCCCCCC/C=C\C/C=C\CCCCC. The summed E-state index contributed by atoms with van der Waals surface area (Å²) in [7, 11) is 0. The fourth-order valence-electron chi connectivity index (χ4n) is 7.22. The summed E-state index contributed by atoms with van der Waals surface area (Å²) in [5.74, 6) is -1.03. The van der Waals surface area contributed by atoms with Gasteiger partial charge in [0.1, 0.15) is 13.2 Å². The summed E-state index contributed by atoms with van der Waals surface area (Å²) in [6, 6.07) is 0. The van der Waals surface area contributed by atoms with Crippen molar-refractivity contribution in [1.82, 2.24) is 0 Å². The van der Waals surface area contributed by atoms with Gasteiger partial charge in [0, 0.05) is 19.3 Å². The van der Waals surface area contributed by atoms with E-state index in [9.17, 15) is 14.4 Å². The van der Waals surface area contributed by atoms with E-state index in [1.165, 1.54) is 64.2 Å². The smallest absolute Gasteiger partial charge is 0.306 e. The van der Waals surface area contributed by atoms with Gasteiger partial charge in [0.25, 0.3) is 0 Å². The van der Waals surface area contributed by atoms with Crippen molar-refractivity contribution < 1.29 is 28.6 Å². The first-order valence-corrected chi connectivity index (χ1v) is 28.2. The van der Waals surface area contributed by atoms with Gasteiger partial charge < -0.3 is 14.2 Å². The first kappa shape index (κ1) is 65.5. The Morgan fingerprint density at radius 2 is 0.586 bits per heavy atom. The Hall–Kier alpha value is -4.45. The molecule has 0 rings (SSSR count). The fraction of sp³-hybridized carbons (Fsp3) is 0.609. The minimum absolute atomic E-state index is 0.116. The third-order valence-electron chi connectivity index (χ3n) is 11.4. The van der Waals surface area contributed by atoms with Crippen molar-refractivity contribution in [3.63, 3.8) is 0 Å². The second-order valence-corrected chi connectivity index (χ2v) is 18.1. The lowest BCUT2D eigenvalue weighted by Crippen LogP contribution is -2.30. The van der Waals surface area contributed by atoms with E-state index in [4.69, 9.17) is 14.2 Å². The fourth-order valence-corrected chi connectivity index (χ4v) is 7.22. The molecule has 0 radical (unpaired) electrons. The Morgan fingerprint density at radius 3 is 0.957 bits per heavy atom. The third kappa shape index (κ3) is 54.5. The lowest BCUT2D eigenvalue weighted by atomic mass is 10.1. The monoisotopic (exact) mass is 967 g/mol. The Morgan fingerprint density at radius 1 is 0.300 bits per heavy atom. The highest BCUT2D eigenvalue weighted by Crippen LogP contribution is 2.13. The summed E-state index contributed by atoms with van der Waals surface area (Å²) in [6.45, 7) is 6.30. The van der Waals surface area contributed by atoms with Gasteiger partial charge in [-0.05, 0) is 122 Å². The molecule has 0 aliphatic carbocycles. The van der Waals surface area contributed by atoms with Gasteiger partial charge in [-0.25, -0.2) is 0 Å². The number of hydrogen-bond donors (Lipinski definition) is 0. The van der Waals surface area contributed by atoms with Crippen molar-refractivity contribution in [2.45, 2.75) is 239 Å². The van der Waals surface area contributed by atoms with Gasteiger partial charge in [0.05, 0.1) is 0 Å². The molecule has 0 aromatic heterocycles. The predicted octanol–water partition coefficient (Wildman–Crippen LogP) is 19.0. The van der Waals surface area contributed by atoms with Crippen LogP contribution in [-0.4, -0.2) is 37.2 Å². The maximum Gasteiger partial charge on any atom is 0.306 e. The molecule has 0 saturated carbocycles. The molecule has 70 heavy (non-hydrogen) atoms. The van der Waals surface area contributed by atoms with Crippen LogP contribution in [0.25, 0.3) is 0 Å².